The van der Waals surface area contributed by atoms with Gasteiger partial charge in [0.25, 0.3) is 5.56 Å². The number of hydrogen-bond donors (Lipinski definition) is 1. The van der Waals surface area contributed by atoms with Crippen molar-refractivity contribution >= 4 is 0 Å². The van der Waals surface area contributed by atoms with Crippen molar-refractivity contribution in [3.63, 3.8) is 0 Å². The fourth-order valence-electron chi connectivity index (χ4n) is 2.37. The van der Waals surface area contributed by atoms with Crippen molar-refractivity contribution in [1.82, 2.24) is 9.88 Å². The first-order valence-electron chi connectivity index (χ1n) is 7.19. The molecule has 4 nitrogen and oxygen atoms in total. The van der Waals surface area contributed by atoms with Gasteiger partial charge >= 0.3 is 0 Å². The lowest BCUT2D eigenvalue weighted by Gasteiger charge is -2.20. The van der Waals surface area contributed by atoms with E-state index in [1.807, 2.05) is 49.5 Å². The zero-order valence-electron chi connectivity index (χ0n) is 12.8. The summed E-state index contributed by atoms with van der Waals surface area (Å²) in [7, 11) is 1.66. The molecular formula is C17H22N2O2. The first-order valence-corrected chi connectivity index (χ1v) is 7.19. The molecule has 0 amide bonds. The lowest BCUT2D eigenvalue weighted by atomic mass is 10.1. The fourth-order valence-corrected chi connectivity index (χ4v) is 2.37. The highest BCUT2D eigenvalue weighted by Gasteiger charge is 2.12. The Kier molecular flexibility index (Phi) is 5.17. The number of aryl methyl sites for hydroxylation is 1. The smallest absolute Gasteiger partial charge is 0.253 e. The standard InChI is InChI=1S/C17H22N2O2/c1-4-18-16(14-7-9-15(21-3)10-8-14)12-19-11-5-6-13(2)17(19)20/h5-11,16,18H,4,12H2,1-3H3. The number of hydrogen-bond acceptors (Lipinski definition) is 3. The molecule has 0 radical (unpaired) electrons. The zero-order valence-corrected chi connectivity index (χ0v) is 12.8. The van der Waals surface area contributed by atoms with Gasteiger partial charge in [-0.2, -0.15) is 0 Å². The minimum atomic E-state index is 0.0638. The molecule has 0 bridgehead atoms. The van der Waals surface area contributed by atoms with Crippen molar-refractivity contribution in [2.45, 2.75) is 26.4 Å². The molecule has 4 heteroatoms. The summed E-state index contributed by atoms with van der Waals surface area (Å²) >= 11 is 0. The van der Waals surface area contributed by atoms with Crippen LogP contribution in [0, 0.1) is 6.92 Å². The molecule has 1 heterocycles. The van der Waals surface area contributed by atoms with Gasteiger partial charge in [0, 0.05) is 18.3 Å². The van der Waals surface area contributed by atoms with Gasteiger partial charge in [0.15, 0.2) is 0 Å². The summed E-state index contributed by atoms with van der Waals surface area (Å²) < 4.78 is 6.94. The van der Waals surface area contributed by atoms with Crippen LogP contribution < -0.4 is 15.6 Å². The molecule has 2 aromatic rings. The molecule has 1 aromatic heterocycles. The fraction of sp³-hybridized carbons (Fsp3) is 0.353. The van der Waals surface area contributed by atoms with Crippen molar-refractivity contribution in [3.8, 4) is 5.75 Å². The quantitative estimate of drug-likeness (QED) is 0.887. The zero-order chi connectivity index (χ0) is 15.2. The molecule has 112 valence electrons. The predicted octanol–water partition coefficient (Wildman–Crippen LogP) is 2.52. The highest BCUT2D eigenvalue weighted by molar-refractivity contribution is 5.29. The van der Waals surface area contributed by atoms with Gasteiger partial charge in [0.05, 0.1) is 13.2 Å². The Bertz CT molecular complexity index is 632. The van der Waals surface area contributed by atoms with E-state index in [1.165, 1.54) is 0 Å². The molecular weight excluding hydrogens is 264 g/mol. The molecule has 0 aliphatic carbocycles. The van der Waals surface area contributed by atoms with E-state index in [-0.39, 0.29) is 11.6 Å². The van der Waals surface area contributed by atoms with Crippen LogP contribution in [0.4, 0.5) is 0 Å². The molecule has 0 fully saturated rings. The normalized spacial score (nSPS) is 12.1. The summed E-state index contributed by atoms with van der Waals surface area (Å²) in [6, 6.07) is 11.8. The van der Waals surface area contributed by atoms with Crippen molar-refractivity contribution < 1.29 is 4.74 Å². The highest BCUT2D eigenvalue weighted by Crippen LogP contribution is 2.18. The van der Waals surface area contributed by atoms with Crippen LogP contribution in [0.2, 0.25) is 0 Å². The molecule has 1 aromatic carbocycles. The Morgan fingerprint density at radius 3 is 2.57 bits per heavy atom. The second-order valence-electron chi connectivity index (χ2n) is 5.03. The lowest BCUT2D eigenvalue weighted by Crippen LogP contribution is -2.30. The number of aromatic nitrogens is 1. The summed E-state index contributed by atoms with van der Waals surface area (Å²) in [5.41, 5.74) is 1.97. The number of nitrogens with one attached hydrogen (secondary N) is 1. The van der Waals surface area contributed by atoms with E-state index in [2.05, 4.69) is 12.2 Å². The third-order valence-electron chi connectivity index (χ3n) is 3.56. The first-order chi connectivity index (χ1) is 10.2. The number of rotatable bonds is 6. The Morgan fingerprint density at radius 1 is 1.24 bits per heavy atom. The molecule has 1 N–H and O–H groups in total. The van der Waals surface area contributed by atoms with E-state index in [0.717, 1.165) is 23.4 Å². The number of nitrogens with zero attached hydrogens (tertiary/aromatic N) is 1. The van der Waals surface area contributed by atoms with E-state index < -0.39 is 0 Å². The molecule has 0 aliphatic rings. The van der Waals surface area contributed by atoms with E-state index >= 15 is 0 Å². The van der Waals surface area contributed by atoms with Crippen LogP contribution in [-0.2, 0) is 6.54 Å². The van der Waals surface area contributed by atoms with Crippen LogP contribution >= 0.6 is 0 Å². The van der Waals surface area contributed by atoms with E-state index in [1.54, 1.807) is 11.7 Å². The van der Waals surface area contributed by atoms with Crippen LogP contribution in [0.1, 0.15) is 24.1 Å². The van der Waals surface area contributed by atoms with Crippen molar-refractivity contribution in [2.75, 3.05) is 13.7 Å². The Labute approximate surface area is 125 Å². The summed E-state index contributed by atoms with van der Waals surface area (Å²) in [6.45, 7) is 5.36. The summed E-state index contributed by atoms with van der Waals surface area (Å²) in [4.78, 5) is 12.2. The van der Waals surface area contributed by atoms with Gasteiger partial charge in [-0.15, -0.1) is 0 Å². The second-order valence-corrected chi connectivity index (χ2v) is 5.03. The van der Waals surface area contributed by atoms with E-state index in [0.29, 0.717) is 6.54 Å². The van der Waals surface area contributed by atoms with Crippen LogP contribution in [0.5, 0.6) is 5.75 Å². The monoisotopic (exact) mass is 286 g/mol. The maximum Gasteiger partial charge on any atom is 0.253 e. The number of benzene rings is 1. The van der Waals surface area contributed by atoms with Crippen LogP contribution in [-0.4, -0.2) is 18.2 Å². The lowest BCUT2D eigenvalue weighted by molar-refractivity contribution is 0.413. The maximum absolute atomic E-state index is 12.2. The Hall–Kier alpha value is -2.07. The van der Waals surface area contributed by atoms with Crippen molar-refractivity contribution in [3.05, 3.63) is 64.1 Å². The topological polar surface area (TPSA) is 43.3 Å². The first kappa shape index (κ1) is 15.3. The molecule has 1 atom stereocenters. The SMILES string of the molecule is CCNC(Cn1cccc(C)c1=O)c1ccc(OC)cc1. The van der Waals surface area contributed by atoms with Crippen LogP contribution in [0.3, 0.4) is 0 Å². The summed E-state index contributed by atoms with van der Waals surface area (Å²) in [5, 5.41) is 3.43. The van der Waals surface area contributed by atoms with Crippen LogP contribution in [0.15, 0.2) is 47.4 Å². The number of methoxy groups -OCH3 is 1. The molecule has 21 heavy (non-hydrogen) atoms. The molecule has 2 rings (SSSR count). The van der Waals surface area contributed by atoms with Gasteiger partial charge < -0.3 is 14.6 Å². The van der Waals surface area contributed by atoms with Gasteiger partial charge in [-0.1, -0.05) is 25.1 Å². The maximum atomic E-state index is 12.2. The van der Waals surface area contributed by atoms with Gasteiger partial charge in [0.2, 0.25) is 0 Å². The predicted molar refractivity (Wildman–Crippen MR) is 84.9 cm³/mol. The third kappa shape index (κ3) is 3.73. The highest BCUT2D eigenvalue weighted by atomic mass is 16.5. The van der Waals surface area contributed by atoms with Crippen LogP contribution in [0.25, 0.3) is 0 Å². The largest absolute Gasteiger partial charge is 0.497 e. The van der Waals surface area contributed by atoms with E-state index in [4.69, 9.17) is 4.74 Å². The van der Waals surface area contributed by atoms with Crippen molar-refractivity contribution in [2.24, 2.45) is 0 Å². The molecule has 0 spiro atoms. The number of ether oxygens (including phenoxy) is 1. The minimum Gasteiger partial charge on any atom is -0.497 e. The summed E-state index contributed by atoms with van der Waals surface area (Å²) in [6.07, 6.45) is 1.84. The minimum absolute atomic E-state index is 0.0638. The van der Waals surface area contributed by atoms with Gasteiger partial charge in [-0.25, -0.2) is 0 Å². The van der Waals surface area contributed by atoms with E-state index in [9.17, 15) is 4.79 Å². The number of likely N-dealkylation sites (N-methyl/N-ethyl adjacent to an activating group) is 1. The van der Waals surface area contributed by atoms with Crippen molar-refractivity contribution in [1.29, 1.82) is 0 Å². The molecule has 0 saturated carbocycles. The summed E-state index contributed by atoms with van der Waals surface area (Å²) in [5.74, 6) is 0.835. The second kappa shape index (κ2) is 7.09. The van der Waals surface area contributed by atoms with Gasteiger partial charge in [-0.05, 0) is 37.2 Å². The Balaban J connectivity index is 2.26. The van der Waals surface area contributed by atoms with Gasteiger partial charge in [0.1, 0.15) is 5.75 Å². The average molecular weight is 286 g/mol. The Morgan fingerprint density at radius 2 is 1.95 bits per heavy atom. The molecule has 0 aliphatic heterocycles. The third-order valence-corrected chi connectivity index (χ3v) is 3.56. The molecule has 1 unspecified atom stereocenters. The average Bonchev–Trinajstić information content (AvgIpc) is 2.51. The molecule has 0 saturated heterocycles. The number of pyridine rings is 1. The van der Waals surface area contributed by atoms with Gasteiger partial charge in [-0.3, -0.25) is 4.79 Å².